The number of Topliss-reactive ketones (excluding diaryl/α,β-unsaturated/α-hetero) is 1. The van der Waals surface area contributed by atoms with Gasteiger partial charge in [0.05, 0.1) is 11.9 Å². The number of aromatic nitrogens is 3. The van der Waals surface area contributed by atoms with Crippen molar-refractivity contribution in [2.75, 3.05) is 0 Å². The predicted molar refractivity (Wildman–Crippen MR) is 99.0 cm³/mol. The van der Waals surface area contributed by atoms with Gasteiger partial charge in [0.15, 0.2) is 5.78 Å². The molecule has 1 aliphatic rings. The number of fused-ring (bicyclic) bond motifs is 3. The second-order valence-corrected chi connectivity index (χ2v) is 7.13. The van der Waals surface area contributed by atoms with E-state index in [1.165, 1.54) is 10.8 Å². The average Bonchev–Trinajstić information content (AvgIpc) is 2.59. The Bertz CT molecular complexity index is 1160. The lowest BCUT2D eigenvalue weighted by Crippen LogP contribution is -2.33. The van der Waals surface area contributed by atoms with Crippen LogP contribution in [-0.2, 0) is 13.0 Å². The summed E-state index contributed by atoms with van der Waals surface area (Å²) in [6.07, 6.45) is 2.53. The highest BCUT2D eigenvalue weighted by atomic mass is 35.5. The fourth-order valence-corrected chi connectivity index (χ4v) is 3.74. The highest BCUT2D eigenvalue weighted by Crippen LogP contribution is 2.28. The van der Waals surface area contributed by atoms with Crippen molar-refractivity contribution in [3.63, 3.8) is 0 Å². The molecule has 3 aromatic rings. The largest absolute Gasteiger partial charge is 0.330 e. The van der Waals surface area contributed by atoms with Crippen molar-refractivity contribution in [2.24, 2.45) is 5.92 Å². The lowest BCUT2D eigenvalue weighted by Gasteiger charge is -2.21. The van der Waals surface area contributed by atoms with Crippen LogP contribution in [0, 0.1) is 5.92 Å². The maximum atomic E-state index is 12.5. The summed E-state index contributed by atoms with van der Waals surface area (Å²) in [7, 11) is 0. The van der Waals surface area contributed by atoms with Crippen LogP contribution in [0.15, 0.2) is 40.1 Å². The minimum atomic E-state index is -0.551. The molecule has 0 saturated heterocycles. The number of ketones is 1. The first-order valence-corrected chi connectivity index (χ1v) is 8.75. The molecule has 0 bridgehead atoms. The van der Waals surface area contributed by atoms with E-state index in [2.05, 4.69) is 9.97 Å². The third-order valence-corrected chi connectivity index (χ3v) is 5.16. The first-order valence-electron chi connectivity index (χ1n) is 8.37. The van der Waals surface area contributed by atoms with Crippen molar-refractivity contribution in [3.8, 4) is 0 Å². The standard InChI is InChI=1S/C19H16ClN3O3/c1-10-6-12-13(15(24)7-10)8-21-17-16(12)18(25)22-19(26)23(17)9-11-4-2-3-5-14(11)20/h2-5,8,10H,6-7,9H2,1H3,(H,22,25,26)/t10-/m0/s1. The van der Waals surface area contributed by atoms with Crippen LogP contribution < -0.4 is 11.2 Å². The molecule has 26 heavy (non-hydrogen) atoms. The molecular weight excluding hydrogens is 354 g/mol. The van der Waals surface area contributed by atoms with E-state index in [9.17, 15) is 14.4 Å². The molecule has 1 atom stereocenters. The Hall–Kier alpha value is -2.73. The van der Waals surface area contributed by atoms with Crippen molar-refractivity contribution in [2.45, 2.75) is 26.3 Å². The van der Waals surface area contributed by atoms with Crippen LogP contribution in [0.4, 0.5) is 0 Å². The number of carbonyl (C=O) groups excluding carboxylic acids is 1. The van der Waals surface area contributed by atoms with Crippen molar-refractivity contribution in [1.29, 1.82) is 0 Å². The van der Waals surface area contributed by atoms with Gasteiger partial charge in [0, 0.05) is 23.2 Å². The molecule has 0 spiro atoms. The number of pyridine rings is 1. The van der Waals surface area contributed by atoms with Gasteiger partial charge in [0.2, 0.25) is 0 Å². The van der Waals surface area contributed by atoms with Crippen molar-refractivity contribution >= 4 is 28.4 Å². The Morgan fingerprint density at radius 1 is 1.23 bits per heavy atom. The topological polar surface area (TPSA) is 84.8 Å². The van der Waals surface area contributed by atoms with Crippen LogP contribution in [0.2, 0.25) is 5.02 Å². The fourth-order valence-electron chi connectivity index (χ4n) is 3.55. The molecule has 1 aromatic carbocycles. The van der Waals surface area contributed by atoms with Crippen molar-refractivity contribution in [1.82, 2.24) is 14.5 Å². The van der Waals surface area contributed by atoms with Crippen LogP contribution in [0.25, 0.3) is 11.0 Å². The molecule has 0 unspecified atom stereocenters. The summed E-state index contributed by atoms with van der Waals surface area (Å²) >= 11 is 6.21. The number of nitrogens with one attached hydrogen (secondary N) is 1. The van der Waals surface area contributed by atoms with Gasteiger partial charge in [0.1, 0.15) is 5.65 Å². The van der Waals surface area contributed by atoms with E-state index in [0.717, 1.165) is 5.56 Å². The van der Waals surface area contributed by atoms with Gasteiger partial charge < -0.3 is 0 Å². The molecule has 1 aliphatic carbocycles. The van der Waals surface area contributed by atoms with Crippen LogP contribution in [-0.4, -0.2) is 20.3 Å². The highest BCUT2D eigenvalue weighted by Gasteiger charge is 2.27. The molecule has 1 N–H and O–H groups in total. The van der Waals surface area contributed by atoms with E-state index in [1.807, 2.05) is 19.1 Å². The molecule has 2 aromatic heterocycles. The Morgan fingerprint density at radius 2 is 2.00 bits per heavy atom. The van der Waals surface area contributed by atoms with Gasteiger partial charge in [-0.15, -0.1) is 0 Å². The predicted octanol–water partition coefficient (Wildman–Crippen LogP) is 2.55. The SMILES string of the molecule is C[C@@H]1CC(=O)c2cnc3c(c2C1)c(=O)[nH]c(=O)n3Cc1ccccc1Cl. The Balaban J connectivity index is 2.00. The third kappa shape index (κ3) is 2.66. The summed E-state index contributed by atoms with van der Waals surface area (Å²) in [5.74, 6) is 0.125. The molecule has 0 aliphatic heterocycles. The van der Waals surface area contributed by atoms with Crippen molar-refractivity contribution in [3.05, 3.63) is 73.0 Å². The van der Waals surface area contributed by atoms with Crippen LogP contribution >= 0.6 is 11.6 Å². The molecule has 0 amide bonds. The van der Waals surface area contributed by atoms with Gasteiger partial charge in [-0.1, -0.05) is 36.7 Å². The number of nitrogens with zero attached hydrogens (tertiary/aromatic N) is 2. The molecule has 0 fully saturated rings. The van der Waals surface area contributed by atoms with Crippen molar-refractivity contribution < 1.29 is 4.79 Å². The number of hydrogen-bond donors (Lipinski definition) is 1. The van der Waals surface area contributed by atoms with Crippen LogP contribution in [0.3, 0.4) is 0 Å². The minimum Gasteiger partial charge on any atom is -0.294 e. The molecule has 0 radical (unpaired) electrons. The summed E-state index contributed by atoms with van der Waals surface area (Å²) in [6.45, 7) is 2.15. The number of carbonyl (C=O) groups is 1. The first-order chi connectivity index (χ1) is 12.5. The zero-order valence-electron chi connectivity index (χ0n) is 14.1. The second kappa shape index (κ2) is 6.21. The summed E-state index contributed by atoms with van der Waals surface area (Å²) in [4.78, 5) is 43.9. The number of H-pyrrole nitrogens is 1. The van der Waals surface area contributed by atoms with E-state index >= 15 is 0 Å². The van der Waals surface area contributed by atoms with Crippen LogP contribution in [0.1, 0.15) is 34.8 Å². The molecule has 7 heteroatoms. The smallest absolute Gasteiger partial charge is 0.294 e. The summed E-state index contributed by atoms with van der Waals surface area (Å²) in [5.41, 5.74) is 1.11. The highest BCUT2D eigenvalue weighted by molar-refractivity contribution is 6.31. The number of benzene rings is 1. The van der Waals surface area contributed by atoms with Gasteiger partial charge in [0.25, 0.3) is 5.56 Å². The van der Waals surface area contributed by atoms with E-state index in [0.29, 0.717) is 34.4 Å². The Labute approximate surface area is 153 Å². The summed E-state index contributed by atoms with van der Waals surface area (Å²) < 4.78 is 1.39. The molecule has 4 rings (SSSR count). The van der Waals surface area contributed by atoms with Gasteiger partial charge in [-0.3, -0.25) is 19.1 Å². The van der Waals surface area contributed by atoms with Gasteiger partial charge in [-0.25, -0.2) is 9.78 Å². The van der Waals surface area contributed by atoms with Gasteiger partial charge >= 0.3 is 5.69 Å². The summed E-state index contributed by atoms with van der Waals surface area (Å²) in [6, 6.07) is 7.19. The fraction of sp³-hybridized carbons (Fsp3) is 0.263. The normalized spacial score (nSPS) is 16.7. The van der Waals surface area contributed by atoms with E-state index in [-0.39, 0.29) is 23.9 Å². The quantitative estimate of drug-likeness (QED) is 0.752. The maximum absolute atomic E-state index is 12.5. The first kappa shape index (κ1) is 16.7. The second-order valence-electron chi connectivity index (χ2n) is 6.72. The lowest BCUT2D eigenvalue weighted by atomic mass is 9.84. The zero-order valence-corrected chi connectivity index (χ0v) is 14.8. The van der Waals surface area contributed by atoms with Gasteiger partial charge in [-0.05, 0) is 29.5 Å². The number of halogens is 1. The monoisotopic (exact) mass is 369 g/mol. The minimum absolute atomic E-state index is 0.0172. The summed E-state index contributed by atoms with van der Waals surface area (Å²) in [5, 5.41) is 0.842. The average molecular weight is 370 g/mol. The van der Waals surface area contributed by atoms with Gasteiger partial charge in [-0.2, -0.15) is 0 Å². The number of hydrogen-bond acceptors (Lipinski definition) is 4. The molecule has 0 saturated carbocycles. The Morgan fingerprint density at radius 3 is 2.77 bits per heavy atom. The van der Waals surface area contributed by atoms with E-state index in [4.69, 9.17) is 11.6 Å². The molecule has 2 heterocycles. The number of rotatable bonds is 2. The lowest BCUT2D eigenvalue weighted by molar-refractivity contribution is 0.0953. The molecular formula is C19H16ClN3O3. The third-order valence-electron chi connectivity index (χ3n) is 4.79. The van der Waals surface area contributed by atoms with Crippen LogP contribution in [0.5, 0.6) is 0 Å². The van der Waals surface area contributed by atoms with E-state index in [1.54, 1.807) is 12.1 Å². The maximum Gasteiger partial charge on any atom is 0.330 e. The molecule has 132 valence electrons. The Kier molecular flexibility index (Phi) is 4.00. The number of aromatic amines is 1. The molecule has 6 nitrogen and oxygen atoms in total. The van der Waals surface area contributed by atoms with E-state index < -0.39 is 11.2 Å². The zero-order chi connectivity index (χ0) is 18.4.